The first kappa shape index (κ1) is 13.9. The molecule has 6 heteroatoms. The molecule has 1 saturated heterocycles. The Kier molecular flexibility index (Phi) is 5.37. The first-order chi connectivity index (χ1) is 8.14. The molecule has 1 heterocycles. The zero-order valence-electron chi connectivity index (χ0n) is 10.2. The monoisotopic (exact) mass is 244 g/mol. The predicted molar refractivity (Wildman–Crippen MR) is 61.2 cm³/mol. The average Bonchev–Trinajstić information content (AvgIpc) is 2.37. The summed E-state index contributed by atoms with van der Waals surface area (Å²) >= 11 is 0. The van der Waals surface area contributed by atoms with Crippen molar-refractivity contribution >= 4 is 11.9 Å². The summed E-state index contributed by atoms with van der Waals surface area (Å²) in [5.74, 6) is -0.614. The lowest BCUT2D eigenvalue weighted by Crippen LogP contribution is -2.50. The van der Waals surface area contributed by atoms with E-state index in [9.17, 15) is 9.59 Å². The zero-order chi connectivity index (χ0) is 12.7. The molecule has 1 aliphatic heterocycles. The van der Waals surface area contributed by atoms with E-state index in [0.717, 1.165) is 0 Å². The van der Waals surface area contributed by atoms with Gasteiger partial charge in [-0.2, -0.15) is 0 Å². The van der Waals surface area contributed by atoms with Crippen molar-refractivity contribution in [3.05, 3.63) is 0 Å². The maximum absolute atomic E-state index is 12.0. The van der Waals surface area contributed by atoms with Crippen LogP contribution in [0, 0.1) is 5.41 Å². The molecule has 0 radical (unpaired) electrons. The maximum Gasteiger partial charge on any atom is 0.325 e. The number of esters is 1. The highest BCUT2D eigenvalue weighted by Crippen LogP contribution is 2.29. The Labute approximate surface area is 101 Å². The van der Waals surface area contributed by atoms with Crippen LogP contribution in [0.1, 0.15) is 19.8 Å². The quantitative estimate of drug-likeness (QED) is 0.631. The van der Waals surface area contributed by atoms with Gasteiger partial charge in [0.05, 0.1) is 12.0 Å². The van der Waals surface area contributed by atoms with Crippen molar-refractivity contribution in [3.8, 4) is 0 Å². The second kappa shape index (κ2) is 6.56. The van der Waals surface area contributed by atoms with Crippen LogP contribution in [0.25, 0.3) is 0 Å². The van der Waals surface area contributed by atoms with Gasteiger partial charge in [-0.1, -0.05) is 0 Å². The number of amides is 1. The molecule has 0 unspecified atom stereocenters. The van der Waals surface area contributed by atoms with Crippen LogP contribution in [-0.2, 0) is 19.1 Å². The van der Waals surface area contributed by atoms with Crippen LogP contribution < -0.4 is 11.1 Å². The molecule has 0 aromatic heterocycles. The Morgan fingerprint density at radius 1 is 1.41 bits per heavy atom. The van der Waals surface area contributed by atoms with Gasteiger partial charge in [0.2, 0.25) is 5.91 Å². The van der Waals surface area contributed by atoms with E-state index in [1.165, 1.54) is 0 Å². The topological polar surface area (TPSA) is 90.7 Å². The molecule has 3 N–H and O–H groups in total. The minimum atomic E-state index is -0.593. The molecular weight excluding hydrogens is 224 g/mol. The SMILES string of the molecule is CCOC(=O)CNC(=O)C1(CN)CCOCC1. The first-order valence-corrected chi connectivity index (χ1v) is 5.86. The lowest BCUT2D eigenvalue weighted by atomic mass is 9.79. The average molecular weight is 244 g/mol. The maximum atomic E-state index is 12.0. The Morgan fingerprint density at radius 3 is 2.59 bits per heavy atom. The molecule has 17 heavy (non-hydrogen) atoms. The standard InChI is InChI=1S/C11H20N2O4/c1-2-17-9(14)7-13-10(15)11(8-12)3-5-16-6-4-11/h2-8,12H2,1H3,(H,13,15). The molecule has 6 nitrogen and oxygen atoms in total. The van der Waals surface area contributed by atoms with Crippen molar-refractivity contribution in [2.24, 2.45) is 11.1 Å². The lowest BCUT2D eigenvalue weighted by Gasteiger charge is -2.34. The smallest absolute Gasteiger partial charge is 0.325 e. The molecule has 0 bridgehead atoms. The molecular formula is C11H20N2O4. The van der Waals surface area contributed by atoms with Gasteiger partial charge < -0.3 is 20.5 Å². The highest BCUT2D eigenvalue weighted by Gasteiger charge is 2.38. The van der Waals surface area contributed by atoms with Gasteiger partial charge >= 0.3 is 5.97 Å². The van der Waals surface area contributed by atoms with Crippen LogP contribution >= 0.6 is 0 Å². The second-order valence-electron chi connectivity index (χ2n) is 4.08. The van der Waals surface area contributed by atoms with E-state index in [1.54, 1.807) is 6.92 Å². The number of carbonyl (C=O) groups excluding carboxylic acids is 2. The fraction of sp³-hybridized carbons (Fsp3) is 0.818. The summed E-state index contributed by atoms with van der Waals surface area (Å²) in [6, 6.07) is 0. The highest BCUT2D eigenvalue weighted by atomic mass is 16.5. The van der Waals surface area contributed by atoms with Crippen molar-refractivity contribution in [2.45, 2.75) is 19.8 Å². The van der Waals surface area contributed by atoms with E-state index in [1.807, 2.05) is 0 Å². The number of hydrogen-bond acceptors (Lipinski definition) is 5. The van der Waals surface area contributed by atoms with Crippen LogP contribution in [-0.4, -0.2) is 44.8 Å². The van der Waals surface area contributed by atoms with E-state index in [0.29, 0.717) is 32.7 Å². The summed E-state index contributed by atoms with van der Waals surface area (Å²) in [5, 5.41) is 2.58. The summed E-state index contributed by atoms with van der Waals surface area (Å²) < 4.78 is 9.95. The van der Waals surface area contributed by atoms with Gasteiger partial charge in [-0.25, -0.2) is 0 Å². The van der Waals surface area contributed by atoms with Gasteiger partial charge in [0.25, 0.3) is 0 Å². The minimum absolute atomic E-state index is 0.102. The molecule has 0 aromatic carbocycles. The van der Waals surface area contributed by atoms with E-state index in [2.05, 4.69) is 5.32 Å². The molecule has 1 rings (SSSR count). The minimum Gasteiger partial charge on any atom is -0.465 e. The van der Waals surface area contributed by atoms with Gasteiger partial charge in [0.15, 0.2) is 0 Å². The fourth-order valence-corrected chi connectivity index (χ4v) is 1.84. The predicted octanol–water partition coefficient (Wildman–Crippen LogP) is -0.579. The molecule has 1 fully saturated rings. The normalized spacial score (nSPS) is 18.5. The molecule has 1 amide bonds. The highest BCUT2D eigenvalue weighted by molar-refractivity contribution is 5.86. The Morgan fingerprint density at radius 2 is 2.06 bits per heavy atom. The Hall–Kier alpha value is -1.14. The van der Waals surface area contributed by atoms with Gasteiger partial charge in [-0.3, -0.25) is 9.59 Å². The summed E-state index contributed by atoms with van der Waals surface area (Å²) in [7, 11) is 0. The summed E-state index contributed by atoms with van der Waals surface area (Å²) in [6.45, 7) is 3.26. The number of rotatable bonds is 5. The van der Waals surface area contributed by atoms with Gasteiger partial charge in [0, 0.05) is 19.8 Å². The number of carbonyl (C=O) groups is 2. The number of nitrogens with two attached hydrogens (primary N) is 1. The number of hydrogen-bond donors (Lipinski definition) is 2. The van der Waals surface area contributed by atoms with Gasteiger partial charge in [0.1, 0.15) is 6.54 Å². The van der Waals surface area contributed by atoms with Crippen molar-refractivity contribution < 1.29 is 19.1 Å². The van der Waals surface area contributed by atoms with E-state index >= 15 is 0 Å². The molecule has 0 atom stereocenters. The van der Waals surface area contributed by atoms with Crippen molar-refractivity contribution in [3.63, 3.8) is 0 Å². The molecule has 0 spiro atoms. The van der Waals surface area contributed by atoms with Crippen LogP contribution in [0.4, 0.5) is 0 Å². The zero-order valence-corrected chi connectivity index (χ0v) is 10.2. The van der Waals surface area contributed by atoms with Crippen molar-refractivity contribution in [2.75, 3.05) is 32.9 Å². The van der Waals surface area contributed by atoms with Gasteiger partial charge in [-0.15, -0.1) is 0 Å². The van der Waals surface area contributed by atoms with Crippen molar-refractivity contribution in [1.82, 2.24) is 5.32 Å². The molecule has 0 aromatic rings. The fourth-order valence-electron chi connectivity index (χ4n) is 1.84. The lowest BCUT2D eigenvalue weighted by molar-refractivity contribution is -0.145. The van der Waals surface area contributed by atoms with E-state index < -0.39 is 11.4 Å². The molecule has 98 valence electrons. The molecule has 1 aliphatic rings. The molecule has 0 aliphatic carbocycles. The Balaban J connectivity index is 2.46. The van der Waals surface area contributed by atoms with Crippen LogP contribution in [0.15, 0.2) is 0 Å². The summed E-state index contributed by atoms with van der Waals surface area (Å²) in [4.78, 5) is 23.1. The van der Waals surface area contributed by atoms with Crippen molar-refractivity contribution in [1.29, 1.82) is 0 Å². The number of ether oxygens (including phenoxy) is 2. The van der Waals surface area contributed by atoms with Crippen LogP contribution in [0.5, 0.6) is 0 Å². The third-order valence-corrected chi connectivity index (χ3v) is 3.02. The Bertz CT molecular complexity index is 275. The molecule has 0 saturated carbocycles. The van der Waals surface area contributed by atoms with Crippen LogP contribution in [0.2, 0.25) is 0 Å². The van der Waals surface area contributed by atoms with Gasteiger partial charge in [-0.05, 0) is 19.8 Å². The first-order valence-electron chi connectivity index (χ1n) is 5.86. The van der Waals surface area contributed by atoms with E-state index in [-0.39, 0.29) is 19.0 Å². The largest absolute Gasteiger partial charge is 0.465 e. The number of nitrogens with one attached hydrogen (secondary N) is 1. The third kappa shape index (κ3) is 3.67. The van der Waals surface area contributed by atoms with Crippen LogP contribution in [0.3, 0.4) is 0 Å². The third-order valence-electron chi connectivity index (χ3n) is 3.02. The summed E-state index contributed by atoms with van der Waals surface area (Å²) in [5.41, 5.74) is 5.08. The van der Waals surface area contributed by atoms with E-state index in [4.69, 9.17) is 15.2 Å². The summed E-state index contributed by atoms with van der Waals surface area (Å²) in [6.07, 6.45) is 1.19. The second-order valence-corrected chi connectivity index (χ2v) is 4.08.